The molecule has 0 radical (unpaired) electrons. The van der Waals surface area contributed by atoms with Gasteiger partial charge in [0.25, 0.3) is 0 Å². The first-order chi connectivity index (χ1) is 8.63. The molecule has 2 heterocycles. The topological polar surface area (TPSA) is 126 Å². The summed E-state index contributed by atoms with van der Waals surface area (Å²) in [6.07, 6.45) is 4.59. The highest BCUT2D eigenvalue weighted by Crippen LogP contribution is 2.16. The Kier molecular flexibility index (Phi) is 3.55. The number of anilines is 1. The molecule has 0 atom stereocenters. The maximum atomic E-state index is 12.0. The first kappa shape index (κ1) is 12.5. The quantitative estimate of drug-likeness (QED) is 0.430. The fourth-order valence-corrected chi connectivity index (χ4v) is 2.48. The smallest absolute Gasteiger partial charge is 0.244 e. The molecule has 0 aliphatic rings. The molecule has 0 fully saturated rings. The summed E-state index contributed by atoms with van der Waals surface area (Å²) in [5, 5.41) is 6.32. The Morgan fingerprint density at radius 2 is 2.28 bits per heavy atom. The molecule has 0 saturated carbocycles. The predicted octanol–water partition coefficient (Wildman–Crippen LogP) is -0.431. The molecule has 8 nitrogen and oxygen atoms in total. The number of nitrogens with zero attached hydrogens (tertiary/aromatic N) is 2. The van der Waals surface area contributed by atoms with Gasteiger partial charge in [-0.1, -0.05) is 0 Å². The lowest BCUT2D eigenvalue weighted by Crippen LogP contribution is -2.25. The zero-order valence-corrected chi connectivity index (χ0v) is 10.1. The van der Waals surface area contributed by atoms with Crippen LogP contribution in [0.2, 0.25) is 0 Å². The molecule has 0 amide bonds. The molecule has 2 rings (SSSR count). The summed E-state index contributed by atoms with van der Waals surface area (Å²) < 4.78 is 26.5. The number of hydrogen-bond donors (Lipinski definition) is 4. The predicted molar refractivity (Wildman–Crippen MR) is 64.7 cm³/mol. The van der Waals surface area contributed by atoms with Crippen LogP contribution in [0.25, 0.3) is 0 Å². The number of rotatable bonds is 5. The van der Waals surface area contributed by atoms with Crippen LogP contribution in [0.15, 0.2) is 35.6 Å². The number of H-pyrrole nitrogens is 1. The van der Waals surface area contributed by atoms with Gasteiger partial charge < -0.3 is 5.43 Å². The van der Waals surface area contributed by atoms with E-state index in [2.05, 4.69) is 25.3 Å². The highest BCUT2D eigenvalue weighted by atomic mass is 32.2. The van der Waals surface area contributed by atoms with Gasteiger partial charge in [-0.05, 0) is 12.1 Å². The van der Waals surface area contributed by atoms with Gasteiger partial charge in [-0.3, -0.25) is 5.10 Å². The van der Waals surface area contributed by atoms with E-state index in [-0.39, 0.29) is 17.3 Å². The van der Waals surface area contributed by atoms with Crippen molar-refractivity contribution in [1.29, 1.82) is 0 Å². The fourth-order valence-electron chi connectivity index (χ4n) is 1.35. The fraction of sp³-hybridized carbons (Fsp3) is 0.111. The van der Waals surface area contributed by atoms with Crippen LogP contribution in [0.3, 0.4) is 0 Å². The van der Waals surface area contributed by atoms with E-state index in [0.29, 0.717) is 0 Å². The van der Waals surface area contributed by atoms with Crippen molar-refractivity contribution in [3.8, 4) is 0 Å². The highest BCUT2D eigenvalue weighted by molar-refractivity contribution is 7.89. The number of hydrogen-bond acceptors (Lipinski definition) is 6. The number of aromatic amines is 1. The Hall–Kier alpha value is -1.97. The van der Waals surface area contributed by atoms with Crippen LogP contribution in [0.1, 0.15) is 5.56 Å². The minimum absolute atomic E-state index is 0.00371. The van der Waals surface area contributed by atoms with Gasteiger partial charge in [-0.2, -0.15) is 5.10 Å². The average molecular weight is 268 g/mol. The van der Waals surface area contributed by atoms with Crippen LogP contribution in [0.4, 0.5) is 5.82 Å². The zero-order valence-electron chi connectivity index (χ0n) is 9.29. The molecule has 5 N–H and O–H groups in total. The molecular formula is C9H12N6O2S. The van der Waals surface area contributed by atoms with E-state index >= 15 is 0 Å². The van der Waals surface area contributed by atoms with E-state index in [1.165, 1.54) is 24.5 Å². The van der Waals surface area contributed by atoms with E-state index in [1.807, 2.05) is 0 Å². The Bertz CT molecular complexity index is 610. The van der Waals surface area contributed by atoms with E-state index < -0.39 is 10.0 Å². The maximum absolute atomic E-state index is 12.0. The van der Waals surface area contributed by atoms with Gasteiger partial charge in [0.2, 0.25) is 10.0 Å². The van der Waals surface area contributed by atoms with Gasteiger partial charge in [0.1, 0.15) is 4.90 Å². The summed E-state index contributed by atoms with van der Waals surface area (Å²) in [5.74, 6) is 5.31. The number of sulfonamides is 1. The van der Waals surface area contributed by atoms with Crippen molar-refractivity contribution in [1.82, 2.24) is 19.9 Å². The number of nitrogen functional groups attached to an aromatic ring is 1. The molecule has 0 aliphatic carbocycles. The molecule has 2 aromatic heterocycles. The third kappa shape index (κ3) is 2.64. The van der Waals surface area contributed by atoms with E-state index in [4.69, 9.17) is 5.84 Å². The van der Waals surface area contributed by atoms with E-state index in [0.717, 1.165) is 5.56 Å². The van der Waals surface area contributed by atoms with Crippen molar-refractivity contribution < 1.29 is 8.42 Å². The average Bonchev–Trinajstić information content (AvgIpc) is 2.89. The number of hydrazine groups is 1. The highest BCUT2D eigenvalue weighted by Gasteiger charge is 2.18. The van der Waals surface area contributed by atoms with Crippen LogP contribution >= 0.6 is 0 Å². The summed E-state index contributed by atoms with van der Waals surface area (Å²) >= 11 is 0. The van der Waals surface area contributed by atoms with Crippen LogP contribution in [-0.2, 0) is 16.6 Å². The normalized spacial score (nSPS) is 11.4. The van der Waals surface area contributed by atoms with Crippen molar-refractivity contribution in [2.24, 2.45) is 5.84 Å². The SMILES string of the molecule is NNc1ncccc1S(=O)(=O)NCc1cn[nH]c1. The monoisotopic (exact) mass is 268 g/mol. The first-order valence-electron chi connectivity index (χ1n) is 5.02. The van der Waals surface area contributed by atoms with Crippen molar-refractivity contribution in [2.75, 3.05) is 5.43 Å². The molecule has 0 bridgehead atoms. The second kappa shape index (κ2) is 5.12. The number of aromatic nitrogens is 3. The summed E-state index contributed by atoms with van der Waals surface area (Å²) in [6, 6.07) is 2.94. The molecule has 0 spiro atoms. The van der Waals surface area contributed by atoms with Crippen LogP contribution in [0.5, 0.6) is 0 Å². The van der Waals surface area contributed by atoms with Crippen molar-refractivity contribution in [3.05, 3.63) is 36.3 Å². The number of nitrogens with one attached hydrogen (secondary N) is 3. The Morgan fingerprint density at radius 3 is 2.94 bits per heavy atom. The molecule has 2 aromatic rings. The largest absolute Gasteiger partial charge is 0.307 e. The molecular weight excluding hydrogens is 256 g/mol. The van der Waals surface area contributed by atoms with E-state index in [1.54, 1.807) is 6.20 Å². The van der Waals surface area contributed by atoms with Gasteiger partial charge in [0, 0.05) is 24.5 Å². The van der Waals surface area contributed by atoms with Gasteiger partial charge in [-0.25, -0.2) is 24.0 Å². The Labute approximate surface area is 104 Å². The van der Waals surface area contributed by atoms with Crippen LogP contribution < -0.4 is 16.0 Å². The standard InChI is InChI=1S/C9H12N6O2S/c10-15-9-8(2-1-3-11-9)18(16,17)14-6-7-4-12-13-5-7/h1-5,14H,6,10H2,(H,11,15)(H,12,13). The molecule has 0 unspecified atom stereocenters. The van der Waals surface area contributed by atoms with Crippen molar-refractivity contribution in [2.45, 2.75) is 11.4 Å². The second-order valence-electron chi connectivity index (χ2n) is 3.43. The molecule has 0 aliphatic heterocycles. The molecule has 0 saturated heterocycles. The summed E-state index contributed by atoms with van der Waals surface area (Å²) in [5.41, 5.74) is 2.97. The lowest BCUT2D eigenvalue weighted by atomic mass is 10.4. The molecule has 0 aromatic carbocycles. The van der Waals surface area contributed by atoms with Crippen molar-refractivity contribution >= 4 is 15.8 Å². The summed E-state index contributed by atoms with van der Waals surface area (Å²) in [4.78, 5) is 3.83. The Morgan fingerprint density at radius 1 is 1.44 bits per heavy atom. The van der Waals surface area contributed by atoms with Gasteiger partial charge in [0.05, 0.1) is 6.20 Å². The van der Waals surface area contributed by atoms with Gasteiger partial charge in [-0.15, -0.1) is 0 Å². The maximum Gasteiger partial charge on any atom is 0.244 e. The second-order valence-corrected chi connectivity index (χ2v) is 5.16. The zero-order chi connectivity index (χ0) is 13.0. The van der Waals surface area contributed by atoms with E-state index in [9.17, 15) is 8.42 Å². The number of nitrogens with two attached hydrogens (primary N) is 1. The lowest BCUT2D eigenvalue weighted by Gasteiger charge is -2.09. The van der Waals surface area contributed by atoms with Crippen LogP contribution in [-0.4, -0.2) is 23.6 Å². The summed E-state index contributed by atoms with van der Waals surface area (Å²) in [6.45, 7) is 0.137. The molecule has 96 valence electrons. The summed E-state index contributed by atoms with van der Waals surface area (Å²) in [7, 11) is -3.68. The van der Waals surface area contributed by atoms with Crippen molar-refractivity contribution in [3.63, 3.8) is 0 Å². The first-order valence-corrected chi connectivity index (χ1v) is 6.51. The van der Waals surface area contributed by atoms with Gasteiger partial charge in [0.15, 0.2) is 5.82 Å². The molecule has 18 heavy (non-hydrogen) atoms. The lowest BCUT2D eigenvalue weighted by molar-refractivity contribution is 0.581. The third-order valence-electron chi connectivity index (χ3n) is 2.22. The number of pyridine rings is 1. The van der Waals surface area contributed by atoms with Crippen LogP contribution in [0, 0.1) is 0 Å². The Balaban J connectivity index is 2.20. The van der Waals surface area contributed by atoms with Gasteiger partial charge >= 0.3 is 0 Å². The third-order valence-corrected chi connectivity index (χ3v) is 3.65. The minimum Gasteiger partial charge on any atom is -0.307 e. The minimum atomic E-state index is -3.68. The molecule has 9 heteroatoms.